The highest BCUT2D eigenvalue weighted by atomic mass is 35.5. The molecular weight excluding hydrogens is 408 g/mol. The average molecular weight is 429 g/mol. The number of fused-ring (bicyclic) bond motifs is 2. The molecule has 0 fully saturated rings. The van der Waals surface area contributed by atoms with E-state index in [1.165, 1.54) is 0 Å². The Kier molecular flexibility index (Phi) is 5.33. The maximum absolute atomic E-state index is 9.87. The monoisotopic (exact) mass is 428 g/mol. The summed E-state index contributed by atoms with van der Waals surface area (Å²) < 4.78 is 8.13. The van der Waals surface area contributed by atoms with Crippen LogP contribution in [0.15, 0.2) is 84.9 Å². The van der Waals surface area contributed by atoms with E-state index in [-0.39, 0.29) is 6.61 Å². The zero-order valence-corrected chi connectivity index (χ0v) is 17.6. The summed E-state index contributed by atoms with van der Waals surface area (Å²) in [6.45, 7) is 1.03. The van der Waals surface area contributed by atoms with Crippen molar-refractivity contribution in [3.63, 3.8) is 0 Å². The van der Waals surface area contributed by atoms with E-state index < -0.39 is 0 Å². The number of nitrogens with zero attached hydrogens (tertiary/aromatic N) is 2. The first-order valence-electron chi connectivity index (χ1n) is 10.1. The van der Waals surface area contributed by atoms with Gasteiger partial charge in [-0.05, 0) is 54.1 Å². The van der Waals surface area contributed by atoms with E-state index >= 15 is 0 Å². The minimum absolute atomic E-state index is 0.0283. The zero-order valence-electron chi connectivity index (χ0n) is 16.8. The number of pyridine rings is 1. The maximum Gasteiger partial charge on any atom is 0.130 e. The van der Waals surface area contributed by atoms with Crippen molar-refractivity contribution in [2.45, 2.75) is 19.8 Å². The van der Waals surface area contributed by atoms with Crippen LogP contribution in [0.5, 0.6) is 5.75 Å². The van der Waals surface area contributed by atoms with Crippen LogP contribution in [0.3, 0.4) is 0 Å². The van der Waals surface area contributed by atoms with Crippen LogP contribution in [-0.2, 0) is 19.8 Å². The van der Waals surface area contributed by atoms with Crippen molar-refractivity contribution in [1.29, 1.82) is 0 Å². The van der Waals surface area contributed by atoms with Crippen LogP contribution < -0.4 is 4.74 Å². The van der Waals surface area contributed by atoms with Crippen molar-refractivity contribution in [2.75, 3.05) is 0 Å². The van der Waals surface area contributed by atoms with Crippen LogP contribution >= 0.6 is 11.6 Å². The quantitative estimate of drug-likeness (QED) is 0.363. The molecule has 3 aromatic carbocycles. The fraction of sp³-hybridized carbons (Fsp3) is 0.115. The van der Waals surface area contributed by atoms with Crippen LogP contribution in [0.4, 0.5) is 0 Å². The number of benzene rings is 3. The molecule has 0 saturated heterocycles. The Bertz CT molecular complexity index is 1360. The Morgan fingerprint density at radius 2 is 1.71 bits per heavy atom. The SMILES string of the molecule is OCc1cc2cc(OCc3ccc4ccccc4n3)ccc2n1Cc1ccc(Cl)cc1. The second-order valence-electron chi connectivity index (χ2n) is 7.51. The number of halogens is 1. The molecule has 4 nitrogen and oxygen atoms in total. The molecule has 1 N–H and O–H groups in total. The second kappa shape index (κ2) is 8.42. The zero-order chi connectivity index (χ0) is 21.2. The lowest BCUT2D eigenvalue weighted by atomic mass is 10.2. The molecule has 0 aliphatic heterocycles. The van der Waals surface area contributed by atoms with E-state index in [0.717, 1.165) is 44.5 Å². The standard InChI is InChI=1S/C26H21ClN2O2/c27-21-8-5-18(6-9-21)15-29-23(16-30)13-20-14-24(11-12-26(20)29)31-17-22-10-7-19-3-1-2-4-25(19)28-22/h1-14,30H,15-17H2. The highest BCUT2D eigenvalue weighted by molar-refractivity contribution is 6.30. The lowest BCUT2D eigenvalue weighted by molar-refractivity contribution is 0.272. The van der Waals surface area contributed by atoms with E-state index in [0.29, 0.717) is 18.2 Å². The van der Waals surface area contributed by atoms with Gasteiger partial charge >= 0.3 is 0 Å². The molecule has 2 heterocycles. The second-order valence-corrected chi connectivity index (χ2v) is 7.95. The van der Waals surface area contributed by atoms with Crippen LogP contribution in [-0.4, -0.2) is 14.7 Å². The summed E-state index contributed by atoms with van der Waals surface area (Å²) in [5, 5.41) is 12.7. The van der Waals surface area contributed by atoms with E-state index in [9.17, 15) is 5.11 Å². The van der Waals surface area contributed by atoms with E-state index in [1.54, 1.807) is 0 Å². The highest BCUT2D eigenvalue weighted by Gasteiger charge is 2.10. The van der Waals surface area contributed by atoms with Crippen molar-refractivity contribution in [3.05, 3.63) is 107 Å². The van der Waals surface area contributed by atoms with Gasteiger partial charge in [-0.15, -0.1) is 0 Å². The van der Waals surface area contributed by atoms with Crippen LogP contribution in [0.2, 0.25) is 5.02 Å². The Balaban J connectivity index is 1.38. The minimum atomic E-state index is -0.0283. The summed E-state index contributed by atoms with van der Waals surface area (Å²) in [6.07, 6.45) is 0. The molecule has 0 atom stereocenters. The molecule has 5 rings (SSSR count). The largest absolute Gasteiger partial charge is 0.487 e. The Morgan fingerprint density at radius 3 is 2.55 bits per heavy atom. The number of hydrogen-bond donors (Lipinski definition) is 1. The highest BCUT2D eigenvalue weighted by Crippen LogP contribution is 2.27. The Hall–Kier alpha value is -3.34. The molecule has 0 spiro atoms. The minimum Gasteiger partial charge on any atom is -0.487 e. The third kappa shape index (κ3) is 4.13. The number of hydrogen-bond acceptors (Lipinski definition) is 3. The number of para-hydroxylation sites is 1. The summed E-state index contributed by atoms with van der Waals surface area (Å²) in [5.74, 6) is 0.774. The van der Waals surface area contributed by atoms with Gasteiger partial charge in [-0.3, -0.25) is 0 Å². The lowest BCUT2D eigenvalue weighted by Gasteiger charge is -2.11. The lowest BCUT2D eigenvalue weighted by Crippen LogP contribution is -2.04. The van der Waals surface area contributed by atoms with Gasteiger partial charge in [-0.1, -0.05) is 48.0 Å². The topological polar surface area (TPSA) is 47.3 Å². The van der Waals surface area contributed by atoms with E-state index in [4.69, 9.17) is 16.3 Å². The molecule has 154 valence electrons. The van der Waals surface area contributed by atoms with Crippen molar-refractivity contribution in [2.24, 2.45) is 0 Å². The van der Waals surface area contributed by atoms with Crippen molar-refractivity contribution < 1.29 is 9.84 Å². The summed E-state index contributed by atoms with van der Waals surface area (Å²) in [7, 11) is 0. The van der Waals surface area contributed by atoms with Gasteiger partial charge in [0.25, 0.3) is 0 Å². The van der Waals surface area contributed by atoms with Gasteiger partial charge in [0.2, 0.25) is 0 Å². The smallest absolute Gasteiger partial charge is 0.130 e. The molecular formula is C26H21ClN2O2. The van der Waals surface area contributed by atoms with E-state index in [2.05, 4.69) is 15.6 Å². The van der Waals surface area contributed by atoms with Crippen molar-refractivity contribution in [3.8, 4) is 5.75 Å². The molecule has 5 aromatic rings. The molecule has 5 heteroatoms. The molecule has 2 aromatic heterocycles. The predicted molar refractivity (Wildman–Crippen MR) is 124 cm³/mol. The fourth-order valence-electron chi connectivity index (χ4n) is 3.83. The van der Waals surface area contributed by atoms with Gasteiger partial charge in [0.15, 0.2) is 0 Å². The Labute approximate surface area is 185 Å². The first-order chi connectivity index (χ1) is 15.2. The first-order valence-corrected chi connectivity index (χ1v) is 10.5. The van der Waals surface area contributed by atoms with Crippen molar-refractivity contribution >= 4 is 33.4 Å². The third-order valence-electron chi connectivity index (χ3n) is 5.42. The van der Waals surface area contributed by atoms with Crippen LogP contribution in [0.1, 0.15) is 17.0 Å². The van der Waals surface area contributed by atoms with Gasteiger partial charge in [0.05, 0.1) is 17.8 Å². The van der Waals surface area contributed by atoms with Gasteiger partial charge in [0, 0.05) is 33.6 Å². The third-order valence-corrected chi connectivity index (χ3v) is 5.67. The summed E-state index contributed by atoms with van der Waals surface area (Å²) >= 11 is 6.00. The number of aliphatic hydroxyl groups excluding tert-OH is 1. The molecule has 0 radical (unpaired) electrons. The Morgan fingerprint density at radius 1 is 0.871 bits per heavy atom. The van der Waals surface area contributed by atoms with E-state index in [1.807, 2.05) is 78.9 Å². The van der Waals surface area contributed by atoms with Crippen molar-refractivity contribution in [1.82, 2.24) is 9.55 Å². The average Bonchev–Trinajstić information content (AvgIpc) is 3.15. The maximum atomic E-state index is 9.87. The molecule has 0 saturated carbocycles. The van der Waals surface area contributed by atoms with Gasteiger partial charge in [-0.2, -0.15) is 0 Å². The van der Waals surface area contributed by atoms with Gasteiger partial charge in [0.1, 0.15) is 12.4 Å². The number of ether oxygens (including phenoxy) is 1. The molecule has 31 heavy (non-hydrogen) atoms. The molecule has 0 aliphatic carbocycles. The van der Waals surface area contributed by atoms with Gasteiger partial charge in [-0.25, -0.2) is 4.98 Å². The number of aliphatic hydroxyl groups is 1. The summed E-state index contributed by atoms with van der Waals surface area (Å²) in [6, 6.07) is 27.9. The first kappa shape index (κ1) is 19.6. The summed E-state index contributed by atoms with van der Waals surface area (Å²) in [4.78, 5) is 4.67. The molecule has 0 amide bonds. The van der Waals surface area contributed by atoms with Crippen LogP contribution in [0, 0.1) is 0 Å². The molecule has 0 aliphatic rings. The van der Waals surface area contributed by atoms with Crippen LogP contribution in [0.25, 0.3) is 21.8 Å². The fourth-order valence-corrected chi connectivity index (χ4v) is 3.96. The normalized spacial score (nSPS) is 11.3. The predicted octanol–water partition coefficient (Wildman–Crippen LogP) is 5.96. The number of rotatable bonds is 6. The van der Waals surface area contributed by atoms with Gasteiger partial charge < -0.3 is 14.4 Å². The molecule has 0 bridgehead atoms. The molecule has 0 unspecified atom stereocenters. The summed E-state index contributed by atoms with van der Waals surface area (Å²) in [5.41, 5.74) is 4.88. The number of aromatic nitrogens is 2.